The molecule has 0 heterocycles. The molecular weight excluding hydrogens is 290 g/mol. The van der Waals surface area contributed by atoms with Gasteiger partial charge in [-0.15, -0.1) is 0 Å². The van der Waals surface area contributed by atoms with Crippen molar-refractivity contribution in [2.24, 2.45) is 0 Å². The number of nitrogens with one attached hydrogen (secondary N) is 1. The average molecular weight is 304 g/mol. The minimum atomic E-state index is -1.60. The van der Waals surface area contributed by atoms with Crippen LogP contribution in [0.15, 0.2) is 48.5 Å². The summed E-state index contributed by atoms with van der Waals surface area (Å²) in [6.07, 6.45) is -1.60. The van der Waals surface area contributed by atoms with Crippen LogP contribution in [0.2, 0.25) is 5.02 Å². The summed E-state index contributed by atoms with van der Waals surface area (Å²) in [6, 6.07) is 12.9. The fourth-order valence-electron chi connectivity index (χ4n) is 1.75. The first-order valence-corrected chi connectivity index (χ1v) is 6.70. The summed E-state index contributed by atoms with van der Waals surface area (Å²) < 4.78 is 0. The van der Waals surface area contributed by atoms with E-state index in [1.807, 2.05) is 6.92 Å². The van der Waals surface area contributed by atoms with E-state index in [9.17, 15) is 14.7 Å². The molecule has 1 amide bonds. The summed E-state index contributed by atoms with van der Waals surface area (Å²) in [5, 5.41) is 12.6. The van der Waals surface area contributed by atoms with Gasteiger partial charge in [-0.1, -0.05) is 29.3 Å². The zero-order valence-corrected chi connectivity index (χ0v) is 12.1. The summed E-state index contributed by atoms with van der Waals surface area (Å²) in [4.78, 5) is 23.9. The molecule has 0 aliphatic carbocycles. The fraction of sp³-hybridized carbons (Fsp3) is 0.125. The monoisotopic (exact) mass is 303 g/mol. The molecule has 1 unspecified atom stereocenters. The second-order valence-electron chi connectivity index (χ2n) is 4.61. The van der Waals surface area contributed by atoms with Crippen LogP contribution in [0.25, 0.3) is 0 Å². The van der Waals surface area contributed by atoms with Crippen LogP contribution < -0.4 is 5.32 Å². The van der Waals surface area contributed by atoms with Crippen molar-refractivity contribution in [2.45, 2.75) is 13.2 Å². The van der Waals surface area contributed by atoms with Gasteiger partial charge < -0.3 is 10.4 Å². The third-order valence-electron chi connectivity index (χ3n) is 2.96. The SMILES string of the molecule is Cc1ccc(C(=O)NC(O)C(=O)c2ccc(Cl)cc2)cc1. The van der Waals surface area contributed by atoms with Crippen molar-refractivity contribution in [3.8, 4) is 0 Å². The molecule has 108 valence electrons. The maximum atomic E-state index is 12.0. The van der Waals surface area contributed by atoms with Crippen molar-refractivity contribution < 1.29 is 14.7 Å². The molecule has 0 saturated carbocycles. The molecule has 2 aromatic carbocycles. The zero-order valence-electron chi connectivity index (χ0n) is 11.3. The Labute approximate surface area is 127 Å². The second kappa shape index (κ2) is 6.52. The highest BCUT2D eigenvalue weighted by atomic mass is 35.5. The van der Waals surface area contributed by atoms with Crippen LogP contribution in [0, 0.1) is 6.92 Å². The number of aryl methyl sites for hydroxylation is 1. The fourth-order valence-corrected chi connectivity index (χ4v) is 1.88. The van der Waals surface area contributed by atoms with E-state index in [-0.39, 0.29) is 5.56 Å². The summed E-state index contributed by atoms with van der Waals surface area (Å²) in [5.74, 6) is -1.10. The third-order valence-corrected chi connectivity index (χ3v) is 3.21. The molecule has 5 heteroatoms. The Hall–Kier alpha value is -2.17. The first-order chi connectivity index (χ1) is 9.97. The van der Waals surface area contributed by atoms with E-state index < -0.39 is 17.9 Å². The summed E-state index contributed by atoms with van der Waals surface area (Å²) in [6.45, 7) is 1.90. The number of carbonyl (C=O) groups is 2. The number of Topliss-reactive ketones (excluding diaryl/α,β-unsaturated/α-hetero) is 1. The molecule has 0 saturated heterocycles. The van der Waals surface area contributed by atoms with Crippen molar-refractivity contribution in [2.75, 3.05) is 0 Å². The van der Waals surface area contributed by atoms with Crippen LogP contribution >= 0.6 is 11.6 Å². The Morgan fingerprint density at radius 2 is 1.52 bits per heavy atom. The molecule has 0 radical (unpaired) electrons. The predicted molar refractivity (Wildman–Crippen MR) is 80.4 cm³/mol. The van der Waals surface area contributed by atoms with Crippen molar-refractivity contribution in [1.82, 2.24) is 5.32 Å². The summed E-state index contributed by atoms with van der Waals surface area (Å²) >= 11 is 5.73. The van der Waals surface area contributed by atoms with Crippen LogP contribution in [0.1, 0.15) is 26.3 Å². The van der Waals surface area contributed by atoms with Gasteiger partial charge in [-0.3, -0.25) is 9.59 Å². The van der Waals surface area contributed by atoms with Gasteiger partial charge >= 0.3 is 0 Å². The number of amides is 1. The van der Waals surface area contributed by atoms with Crippen molar-refractivity contribution in [3.63, 3.8) is 0 Å². The van der Waals surface area contributed by atoms with Gasteiger partial charge in [0.1, 0.15) is 0 Å². The molecule has 2 aromatic rings. The molecule has 2 rings (SSSR count). The van der Waals surface area contributed by atoms with E-state index >= 15 is 0 Å². The van der Waals surface area contributed by atoms with Crippen molar-refractivity contribution in [1.29, 1.82) is 0 Å². The molecule has 0 aliphatic heterocycles. The molecule has 2 N–H and O–H groups in total. The molecular formula is C16H14ClNO3. The van der Waals surface area contributed by atoms with Crippen LogP contribution in [0.3, 0.4) is 0 Å². The lowest BCUT2D eigenvalue weighted by Gasteiger charge is -2.12. The quantitative estimate of drug-likeness (QED) is 0.674. The summed E-state index contributed by atoms with van der Waals surface area (Å²) in [5.41, 5.74) is 1.67. The highest BCUT2D eigenvalue weighted by molar-refractivity contribution is 6.30. The number of hydrogen-bond donors (Lipinski definition) is 2. The molecule has 21 heavy (non-hydrogen) atoms. The van der Waals surface area contributed by atoms with Crippen LogP contribution in [-0.4, -0.2) is 23.0 Å². The van der Waals surface area contributed by atoms with Gasteiger partial charge in [0.15, 0.2) is 6.23 Å². The van der Waals surface area contributed by atoms with Crippen LogP contribution in [0.4, 0.5) is 0 Å². The van der Waals surface area contributed by atoms with Crippen LogP contribution in [0.5, 0.6) is 0 Å². The maximum absolute atomic E-state index is 12.0. The molecule has 0 aliphatic rings. The zero-order chi connectivity index (χ0) is 15.4. The molecule has 0 spiro atoms. The average Bonchev–Trinajstić information content (AvgIpc) is 2.47. The topological polar surface area (TPSA) is 66.4 Å². The lowest BCUT2D eigenvalue weighted by Crippen LogP contribution is -2.40. The van der Waals surface area contributed by atoms with Gasteiger partial charge in [0.25, 0.3) is 5.91 Å². The van der Waals surface area contributed by atoms with Crippen LogP contribution in [-0.2, 0) is 0 Å². The predicted octanol–water partition coefficient (Wildman–Crippen LogP) is 2.58. The van der Waals surface area contributed by atoms with E-state index in [2.05, 4.69) is 5.32 Å². The Kier molecular flexibility index (Phi) is 4.73. The highest BCUT2D eigenvalue weighted by Crippen LogP contribution is 2.11. The Morgan fingerprint density at radius 1 is 1.00 bits per heavy atom. The van der Waals surface area contributed by atoms with E-state index in [1.165, 1.54) is 12.1 Å². The number of benzene rings is 2. The first kappa shape index (κ1) is 15.2. The first-order valence-electron chi connectivity index (χ1n) is 6.33. The van der Waals surface area contributed by atoms with E-state index in [0.717, 1.165) is 5.56 Å². The molecule has 0 bridgehead atoms. The van der Waals surface area contributed by atoms with Gasteiger partial charge in [0.2, 0.25) is 5.78 Å². The van der Waals surface area contributed by atoms with E-state index in [4.69, 9.17) is 11.6 Å². The van der Waals surface area contributed by atoms with Gasteiger partial charge in [-0.25, -0.2) is 0 Å². The Balaban J connectivity index is 2.05. The smallest absolute Gasteiger partial charge is 0.253 e. The number of aliphatic hydroxyl groups excluding tert-OH is 1. The van der Waals surface area contributed by atoms with E-state index in [0.29, 0.717) is 10.6 Å². The lowest BCUT2D eigenvalue weighted by molar-refractivity contribution is 0.0607. The highest BCUT2D eigenvalue weighted by Gasteiger charge is 2.19. The number of carbonyl (C=O) groups excluding carboxylic acids is 2. The largest absolute Gasteiger partial charge is 0.367 e. The standard InChI is InChI=1S/C16H14ClNO3/c1-10-2-4-12(5-3-10)15(20)18-16(21)14(19)11-6-8-13(17)9-7-11/h2-9,16,21H,1H3,(H,18,20). The van der Waals surface area contributed by atoms with Gasteiger partial charge in [-0.2, -0.15) is 0 Å². The van der Waals surface area contributed by atoms with Gasteiger partial charge in [0.05, 0.1) is 0 Å². The molecule has 1 atom stereocenters. The van der Waals surface area contributed by atoms with Gasteiger partial charge in [-0.05, 0) is 43.3 Å². The Bertz CT molecular complexity index is 650. The number of rotatable bonds is 4. The minimum absolute atomic E-state index is 0.274. The number of hydrogen-bond acceptors (Lipinski definition) is 3. The lowest BCUT2D eigenvalue weighted by atomic mass is 10.1. The molecule has 0 aromatic heterocycles. The third kappa shape index (κ3) is 3.90. The normalized spacial score (nSPS) is 11.8. The number of aliphatic hydroxyl groups is 1. The molecule has 0 fully saturated rings. The van der Waals surface area contributed by atoms with Crippen molar-refractivity contribution >= 4 is 23.3 Å². The molecule has 4 nitrogen and oxygen atoms in total. The maximum Gasteiger partial charge on any atom is 0.253 e. The second-order valence-corrected chi connectivity index (χ2v) is 5.05. The van der Waals surface area contributed by atoms with E-state index in [1.54, 1.807) is 36.4 Å². The summed E-state index contributed by atoms with van der Waals surface area (Å²) in [7, 11) is 0. The number of ketones is 1. The van der Waals surface area contributed by atoms with Gasteiger partial charge in [0, 0.05) is 16.1 Å². The number of halogens is 1. The Morgan fingerprint density at radius 3 is 2.10 bits per heavy atom. The van der Waals surface area contributed by atoms with Crippen molar-refractivity contribution in [3.05, 3.63) is 70.2 Å². The minimum Gasteiger partial charge on any atom is -0.367 e.